The van der Waals surface area contributed by atoms with Crippen LogP contribution in [0.5, 0.6) is 6.01 Å². The van der Waals surface area contributed by atoms with Gasteiger partial charge < -0.3 is 20.3 Å². The molecule has 1 aliphatic carbocycles. The maximum absolute atomic E-state index is 17.5. The normalized spacial score (nSPS) is 27.2. The van der Waals surface area contributed by atoms with Gasteiger partial charge in [0.2, 0.25) is 5.82 Å². The lowest BCUT2D eigenvalue weighted by atomic mass is 9.60. The van der Waals surface area contributed by atoms with Crippen molar-refractivity contribution in [2.24, 2.45) is 10.8 Å². The molecule has 2 aromatic carbocycles. The van der Waals surface area contributed by atoms with Gasteiger partial charge in [0.15, 0.2) is 5.82 Å². The number of nitrogen functional groups attached to an aromatic ring is 1. The van der Waals surface area contributed by atoms with Crippen LogP contribution in [0.3, 0.4) is 0 Å². The van der Waals surface area contributed by atoms with Gasteiger partial charge in [-0.1, -0.05) is 24.6 Å². The third-order valence-corrected chi connectivity index (χ3v) is 15.2. The summed E-state index contributed by atoms with van der Waals surface area (Å²) in [5.74, 6) is -1.82. The molecule has 5 atom stereocenters. The van der Waals surface area contributed by atoms with Crippen LogP contribution in [0.25, 0.3) is 32.1 Å². The van der Waals surface area contributed by atoms with Crippen LogP contribution in [0, 0.1) is 33.8 Å². The lowest BCUT2D eigenvalue weighted by Crippen LogP contribution is -2.74. The number of piperidine rings is 1. The van der Waals surface area contributed by atoms with Crippen molar-refractivity contribution in [1.29, 1.82) is 5.26 Å². The van der Waals surface area contributed by atoms with Gasteiger partial charge in [-0.15, -0.1) is 16.4 Å². The Hall–Kier alpha value is -4.86. The molecule has 4 saturated heterocycles. The quantitative estimate of drug-likeness (QED) is 0.158. The molecule has 5 aromatic rings. The van der Waals surface area contributed by atoms with Crippen LogP contribution in [0.2, 0.25) is 5.02 Å². The van der Waals surface area contributed by atoms with E-state index in [1.807, 2.05) is 13.0 Å². The Bertz CT molecular complexity index is 2650. The number of likely N-dealkylation sites (tertiary alicyclic amines) is 1. The Morgan fingerprint density at radius 3 is 2.72 bits per heavy atom. The van der Waals surface area contributed by atoms with E-state index in [2.05, 4.69) is 31.8 Å². The topological polar surface area (TPSA) is 142 Å². The number of aromatic nitrogens is 5. The summed E-state index contributed by atoms with van der Waals surface area (Å²) in [6.45, 7) is 6.03. The maximum Gasteiger partial charge on any atom is 0.346 e. The highest BCUT2D eigenvalue weighted by Crippen LogP contribution is 2.62. The summed E-state index contributed by atoms with van der Waals surface area (Å²) in [4.78, 5) is 32.9. The molecule has 1 spiro atoms. The number of ether oxygens (including phenoxy) is 1. The number of benzene rings is 2. The number of nitrogens with two attached hydrogens (primary N) is 1. The minimum Gasteiger partial charge on any atom is -0.461 e. The van der Waals surface area contributed by atoms with E-state index in [0.717, 1.165) is 61.0 Å². The first-order chi connectivity index (χ1) is 28.7. The molecule has 0 unspecified atom stereocenters. The second-order valence-corrected chi connectivity index (χ2v) is 19.0. The van der Waals surface area contributed by atoms with E-state index < -0.39 is 47.0 Å². The van der Waals surface area contributed by atoms with Gasteiger partial charge in [0.05, 0.1) is 20.8 Å². The Morgan fingerprint density at radius 1 is 1.18 bits per heavy atom. The Balaban J connectivity index is 1.08. The molecule has 0 bridgehead atoms. The number of alkyl halides is 3. The fourth-order valence-corrected chi connectivity index (χ4v) is 12.1. The van der Waals surface area contributed by atoms with E-state index in [1.165, 1.54) is 12.1 Å². The molecule has 1 amide bonds. The molecular weight excluding hydrogens is 827 g/mol. The van der Waals surface area contributed by atoms with Crippen molar-refractivity contribution in [1.82, 2.24) is 34.5 Å². The van der Waals surface area contributed by atoms with Crippen molar-refractivity contribution < 1.29 is 31.5 Å². The lowest BCUT2D eigenvalue weighted by Gasteiger charge is -2.63. The SMILES string of the molecule is C[C@H]1CC[C@]2(CN(C(=O)n3cnc(C(F)F)n3)[C@@H]2C2(C)CC2)CN1c1nc(OC[C@@]23CCCN2C[C@H](F)C3)nc2c(F)c(-c3ccc(F)c4sc(N)c(C#N)c34)c(Cl)cc12. The first-order valence-electron chi connectivity index (χ1n) is 20.1. The number of amides is 1. The number of halogens is 6. The van der Waals surface area contributed by atoms with Crippen molar-refractivity contribution >= 4 is 60.8 Å². The Labute approximate surface area is 350 Å². The zero-order valence-corrected chi connectivity index (χ0v) is 34.3. The average molecular weight is 867 g/mol. The van der Waals surface area contributed by atoms with Gasteiger partial charge in [-0.2, -0.15) is 19.9 Å². The van der Waals surface area contributed by atoms with Crippen molar-refractivity contribution in [3.63, 3.8) is 0 Å². The molecule has 4 aliphatic heterocycles. The lowest BCUT2D eigenvalue weighted by molar-refractivity contribution is -0.0883. The molecule has 3 aromatic heterocycles. The molecule has 60 heavy (non-hydrogen) atoms. The van der Waals surface area contributed by atoms with Gasteiger partial charge in [0.1, 0.15) is 47.3 Å². The van der Waals surface area contributed by atoms with Gasteiger partial charge in [0.25, 0.3) is 6.43 Å². The largest absolute Gasteiger partial charge is 0.461 e. The average Bonchev–Trinajstić information content (AvgIpc) is 3.59. The summed E-state index contributed by atoms with van der Waals surface area (Å²) in [6.07, 6.45) is 2.19. The predicted molar refractivity (Wildman–Crippen MR) is 215 cm³/mol. The van der Waals surface area contributed by atoms with Crippen LogP contribution in [-0.2, 0) is 0 Å². The zero-order chi connectivity index (χ0) is 42.0. The van der Waals surface area contributed by atoms with Gasteiger partial charge in [-0.3, -0.25) is 4.90 Å². The number of anilines is 2. The highest BCUT2D eigenvalue weighted by Gasteiger charge is 2.66. The van der Waals surface area contributed by atoms with Crippen LogP contribution in [0.4, 0.5) is 37.6 Å². The Morgan fingerprint density at radius 2 is 1.98 bits per heavy atom. The van der Waals surface area contributed by atoms with Crippen molar-refractivity contribution in [3.8, 4) is 23.2 Å². The third-order valence-electron chi connectivity index (χ3n) is 13.8. The molecular formula is C41H40ClF5N10O2S. The van der Waals surface area contributed by atoms with E-state index in [4.69, 9.17) is 27.1 Å². The molecule has 7 heterocycles. The smallest absolute Gasteiger partial charge is 0.346 e. The number of fused-ring (bicyclic) bond motifs is 3. The van der Waals surface area contributed by atoms with Gasteiger partial charge in [-0.05, 0) is 75.1 Å². The molecule has 2 N–H and O–H groups in total. The predicted octanol–water partition coefficient (Wildman–Crippen LogP) is 8.51. The summed E-state index contributed by atoms with van der Waals surface area (Å²) in [6, 6.07) is 5.12. The minimum atomic E-state index is -2.92. The zero-order valence-electron chi connectivity index (χ0n) is 32.7. The first kappa shape index (κ1) is 39.3. The molecule has 5 fully saturated rings. The number of thiophene rings is 1. The molecule has 5 aliphatic rings. The first-order valence-corrected chi connectivity index (χ1v) is 21.3. The summed E-state index contributed by atoms with van der Waals surface area (Å²) in [5, 5.41) is 14.3. The van der Waals surface area contributed by atoms with E-state index in [-0.39, 0.29) is 77.8 Å². The second kappa shape index (κ2) is 13.8. The van der Waals surface area contributed by atoms with Crippen molar-refractivity contribution in [3.05, 3.63) is 52.6 Å². The van der Waals surface area contributed by atoms with E-state index in [9.17, 15) is 23.2 Å². The Kier molecular flexibility index (Phi) is 9.06. The van der Waals surface area contributed by atoms with Crippen molar-refractivity contribution in [2.45, 2.75) is 89.0 Å². The number of hydrogen-bond donors (Lipinski definition) is 1. The van der Waals surface area contributed by atoms with E-state index >= 15 is 8.78 Å². The van der Waals surface area contributed by atoms with Crippen LogP contribution in [0.15, 0.2) is 24.5 Å². The van der Waals surface area contributed by atoms with Crippen LogP contribution >= 0.6 is 22.9 Å². The standard InChI is InChI=1S/C41H40ClF5N10O2S/c1-20-6-8-40(17-56(36(40)39(2)9-10-39)38(58)57-19-50-34(53-57)32(46)47)16-55(20)35-23-12-25(42)28(22-4-5-26(44)31-27(22)24(14-48)33(49)60-31)29(45)30(23)51-37(52-35)59-18-41-7-3-11-54(41)15-21(43)13-41/h4-5,12,19-21,32,36H,3,6-11,13,15-18,49H2,1-2H3/t20-,21+,36+,40+,41-/m0/s1. The minimum absolute atomic E-state index is 0.00762. The number of nitrogens with zero attached hydrogens (tertiary/aromatic N) is 9. The summed E-state index contributed by atoms with van der Waals surface area (Å²) >= 11 is 7.91. The van der Waals surface area contributed by atoms with Crippen molar-refractivity contribution in [2.75, 3.05) is 43.4 Å². The third kappa shape index (κ3) is 5.93. The maximum atomic E-state index is 17.5. The fourth-order valence-electron chi connectivity index (χ4n) is 10.8. The monoisotopic (exact) mass is 866 g/mol. The molecule has 12 nitrogen and oxygen atoms in total. The van der Waals surface area contributed by atoms with Gasteiger partial charge in [0, 0.05) is 59.9 Å². The van der Waals surface area contributed by atoms with Crippen LogP contribution in [0.1, 0.15) is 76.6 Å². The summed E-state index contributed by atoms with van der Waals surface area (Å²) in [5.41, 5.74) is 4.86. The highest BCUT2D eigenvalue weighted by atomic mass is 35.5. The molecule has 314 valence electrons. The van der Waals surface area contributed by atoms with Gasteiger partial charge in [-0.25, -0.2) is 31.7 Å². The summed E-state index contributed by atoms with van der Waals surface area (Å²) < 4.78 is 81.5. The number of hydrogen-bond acceptors (Lipinski definition) is 11. The number of rotatable bonds is 7. The number of carbonyl (C=O) groups excluding carboxylic acids is 1. The molecule has 19 heteroatoms. The summed E-state index contributed by atoms with van der Waals surface area (Å²) in [7, 11) is 0. The molecule has 0 radical (unpaired) electrons. The number of carbonyl (C=O) groups is 1. The van der Waals surface area contributed by atoms with Crippen LogP contribution < -0.4 is 15.4 Å². The van der Waals surface area contributed by atoms with E-state index in [1.54, 1.807) is 11.0 Å². The number of nitriles is 1. The van der Waals surface area contributed by atoms with Crippen LogP contribution in [-0.4, -0.2) is 97.1 Å². The molecule has 1 saturated carbocycles. The molecule has 10 rings (SSSR count). The van der Waals surface area contributed by atoms with Gasteiger partial charge >= 0.3 is 12.0 Å². The van der Waals surface area contributed by atoms with E-state index in [0.29, 0.717) is 38.3 Å². The fraction of sp³-hybridized carbons (Fsp3) is 0.512. The second-order valence-electron chi connectivity index (χ2n) is 17.6. The highest BCUT2D eigenvalue weighted by molar-refractivity contribution is 7.23.